The number of rotatable bonds is 6. The van der Waals surface area contributed by atoms with Crippen LogP contribution in [-0.4, -0.2) is 37.3 Å². The van der Waals surface area contributed by atoms with E-state index < -0.39 is 0 Å². The molecule has 3 atom stereocenters. The van der Waals surface area contributed by atoms with Crippen LogP contribution >= 0.6 is 0 Å². The van der Waals surface area contributed by atoms with Crippen LogP contribution in [0.3, 0.4) is 0 Å². The highest BCUT2D eigenvalue weighted by Gasteiger charge is 2.41. The van der Waals surface area contributed by atoms with Crippen LogP contribution in [0.5, 0.6) is 0 Å². The summed E-state index contributed by atoms with van der Waals surface area (Å²) in [5.74, 6) is 0.702. The molecule has 5 nitrogen and oxygen atoms in total. The fourth-order valence-electron chi connectivity index (χ4n) is 5.84. The lowest BCUT2D eigenvalue weighted by atomic mass is 9.67. The Morgan fingerprint density at radius 3 is 2.45 bits per heavy atom. The second kappa shape index (κ2) is 9.05. The van der Waals surface area contributed by atoms with Gasteiger partial charge in [0.1, 0.15) is 5.78 Å². The first-order valence-electron chi connectivity index (χ1n) is 12.2. The Balaban J connectivity index is 1.38. The molecule has 5 rings (SSSR count). The number of para-hydroxylation sites is 1. The summed E-state index contributed by atoms with van der Waals surface area (Å²) in [4.78, 5) is 31.1. The molecule has 1 amide bonds. The Morgan fingerprint density at radius 2 is 1.76 bits per heavy atom. The van der Waals surface area contributed by atoms with Crippen LogP contribution in [0.2, 0.25) is 0 Å². The number of Topliss-reactive ketones (excluding diaryl/α,β-unsaturated/α-hetero) is 1. The maximum atomic E-state index is 13.2. The largest absolute Gasteiger partial charge is 0.378 e. The van der Waals surface area contributed by atoms with Crippen LogP contribution in [0.25, 0.3) is 10.9 Å². The number of carbonyl (C=O) groups is 2. The summed E-state index contributed by atoms with van der Waals surface area (Å²) in [6, 6.07) is 16.9. The minimum atomic E-state index is -0.0438. The predicted octanol–water partition coefficient (Wildman–Crippen LogP) is 4.88. The second-order valence-electron chi connectivity index (χ2n) is 9.97. The molecule has 3 unspecified atom stereocenters. The number of carbonyl (C=O) groups excluding carboxylic acids is 2. The molecular weight excluding hydrogens is 410 g/mol. The Hall–Kier alpha value is -3.08. The van der Waals surface area contributed by atoms with Crippen LogP contribution in [0.1, 0.15) is 49.1 Å². The summed E-state index contributed by atoms with van der Waals surface area (Å²) in [6.45, 7) is 0.543. The number of anilines is 1. The van der Waals surface area contributed by atoms with Gasteiger partial charge in [-0.15, -0.1) is 0 Å². The number of fused-ring (bicyclic) bond motifs is 3. The van der Waals surface area contributed by atoms with Crippen molar-refractivity contribution in [1.82, 2.24) is 10.3 Å². The molecule has 1 heterocycles. The second-order valence-corrected chi connectivity index (χ2v) is 9.97. The Morgan fingerprint density at radius 1 is 1.06 bits per heavy atom. The van der Waals surface area contributed by atoms with E-state index in [4.69, 9.17) is 0 Å². The van der Waals surface area contributed by atoms with Gasteiger partial charge in [-0.3, -0.25) is 9.59 Å². The Bertz CT molecular complexity index is 1130. The third-order valence-corrected chi connectivity index (χ3v) is 7.71. The molecule has 2 saturated carbocycles. The third kappa shape index (κ3) is 4.29. The average molecular weight is 444 g/mol. The summed E-state index contributed by atoms with van der Waals surface area (Å²) >= 11 is 0. The number of aromatic nitrogens is 1. The SMILES string of the molecule is CN(C)c1ccc(C(CNC(=O)C2CC3CCCC(C2)C3=O)c2c[nH]c3ccccc23)cc1. The highest BCUT2D eigenvalue weighted by atomic mass is 16.2. The van der Waals surface area contributed by atoms with E-state index in [1.807, 2.05) is 20.2 Å². The molecule has 2 aliphatic rings. The number of H-pyrrole nitrogens is 1. The van der Waals surface area contributed by atoms with Crippen molar-refractivity contribution in [2.24, 2.45) is 17.8 Å². The molecule has 0 spiro atoms. The van der Waals surface area contributed by atoms with Crippen molar-refractivity contribution in [2.75, 3.05) is 25.5 Å². The van der Waals surface area contributed by atoms with Gasteiger partial charge < -0.3 is 15.2 Å². The summed E-state index contributed by atoms with van der Waals surface area (Å²) in [5.41, 5.74) is 4.63. The number of hydrogen-bond acceptors (Lipinski definition) is 3. The number of amides is 1. The number of aromatic amines is 1. The van der Waals surface area contributed by atoms with E-state index >= 15 is 0 Å². The van der Waals surface area contributed by atoms with E-state index in [0.29, 0.717) is 12.3 Å². The van der Waals surface area contributed by atoms with Crippen LogP contribution in [0.15, 0.2) is 54.7 Å². The normalized spacial score (nSPS) is 23.3. The maximum Gasteiger partial charge on any atom is 0.223 e. The molecule has 2 aliphatic carbocycles. The minimum Gasteiger partial charge on any atom is -0.378 e. The molecule has 2 bridgehead atoms. The molecule has 2 fully saturated rings. The van der Waals surface area contributed by atoms with E-state index in [1.54, 1.807) is 0 Å². The average Bonchev–Trinajstić information content (AvgIpc) is 3.23. The predicted molar refractivity (Wildman–Crippen MR) is 132 cm³/mol. The van der Waals surface area contributed by atoms with Crippen molar-refractivity contribution < 1.29 is 9.59 Å². The van der Waals surface area contributed by atoms with Crippen molar-refractivity contribution in [2.45, 2.75) is 38.0 Å². The zero-order valence-corrected chi connectivity index (χ0v) is 19.5. The number of ketones is 1. The summed E-state index contributed by atoms with van der Waals surface area (Å²) in [6.07, 6.45) is 6.55. The third-order valence-electron chi connectivity index (χ3n) is 7.71. The lowest BCUT2D eigenvalue weighted by molar-refractivity contribution is -0.137. The number of nitrogens with zero attached hydrogens (tertiary/aromatic N) is 1. The van der Waals surface area contributed by atoms with Gasteiger partial charge in [0.25, 0.3) is 0 Å². The Kier molecular flexibility index (Phi) is 5.96. The summed E-state index contributed by atoms with van der Waals surface area (Å²) in [7, 11) is 4.08. The zero-order valence-electron chi connectivity index (χ0n) is 19.5. The van der Waals surface area contributed by atoms with E-state index in [2.05, 4.69) is 63.9 Å². The number of hydrogen-bond donors (Lipinski definition) is 2. The van der Waals surface area contributed by atoms with E-state index in [9.17, 15) is 9.59 Å². The highest BCUT2D eigenvalue weighted by Crippen LogP contribution is 2.40. The van der Waals surface area contributed by atoms with Gasteiger partial charge in [0.15, 0.2) is 0 Å². The molecule has 33 heavy (non-hydrogen) atoms. The minimum absolute atomic E-state index is 0.0438. The van der Waals surface area contributed by atoms with Crippen molar-refractivity contribution in [1.29, 1.82) is 0 Å². The molecule has 0 radical (unpaired) electrons. The van der Waals surface area contributed by atoms with Crippen molar-refractivity contribution in [3.8, 4) is 0 Å². The number of benzene rings is 2. The molecule has 2 aromatic carbocycles. The lowest BCUT2D eigenvalue weighted by Crippen LogP contribution is -2.43. The molecule has 3 aromatic rings. The first-order valence-corrected chi connectivity index (χ1v) is 12.2. The van der Waals surface area contributed by atoms with Crippen LogP contribution in [0, 0.1) is 17.8 Å². The fraction of sp³-hybridized carbons (Fsp3) is 0.429. The van der Waals surface area contributed by atoms with E-state index in [1.165, 1.54) is 16.5 Å². The van der Waals surface area contributed by atoms with Gasteiger partial charge in [0.05, 0.1) is 0 Å². The van der Waals surface area contributed by atoms with Crippen molar-refractivity contribution >= 4 is 28.3 Å². The molecule has 5 heteroatoms. The smallest absolute Gasteiger partial charge is 0.223 e. The van der Waals surface area contributed by atoms with E-state index in [-0.39, 0.29) is 29.6 Å². The van der Waals surface area contributed by atoms with Crippen LogP contribution in [-0.2, 0) is 9.59 Å². The fourth-order valence-corrected chi connectivity index (χ4v) is 5.84. The van der Waals surface area contributed by atoms with Crippen molar-refractivity contribution in [3.05, 3.63) is 65.9 Å². The highest BCUT2D eigenvalue weighted by molar-refractivity contribution is 5.88. The quantitative estimate of drug-likeness (QED) is 0.571. The topological polar surface area (TPSA) is 65.2 Å². The van der Waals surface area contributed by atoms with Gasteiger partial charge in [0.2, 0.25) is 5.91 Å². The Labute approximate surface area is 195 Å². The molecule has 172 valence electrons. The van der Waals surface area contributed by atoms with Gasteiger partial charge in [-0.1, -0.05) is 36.8 Å². The van der Waals surface area contributed by atoms with Gasteiger partial charge >= 0.3 is 0 Å². The molecular formula is C28H33N3O2. The standard InChI is InChI=1S/C28H33N3O2/c1-31(2)22-12-10-18(11-13-22)24(25-17-29-26-9-4-3-8-23(25)26)16-30-28(33)21-14-19-6-5-7-20(15-21)27(19)32/h3-4,8-13,17,19-21,24,29H,5-7,14-16H2,1-2H3,(H,30,33). The lowest BCUT2D eigenvalue weighted by Gasteiger charge is -2.37. The van der Waals surface area contributed by atoms with Gasteiger partial charge in [0, 0.05) is 67.1 Å². The molecule has 2 N–H and O–H groups in total. The molecule has 0 aliphatic heterocycles. The first kappa shape index (κ1) is 21.7. The molecule has 0 saturated heterocycles. The van der Waals surface area contributed by atoms with Crippen LogP contribution < -0.4 is 10.2 Å². The van der Waals surface area contributed by atoms with Gasteiger partial charge in [-0.2, -0.15) is 0 Å². The molecule has 1 aromatic heterocycles. The van der Waals surface area contributed by atoms with Gasteiger partial charge in [-0.25, -0.2) is 0 Å². The maximum absolute atomic E-state index is 13.2. The monoisotopic (exact) mass is 443 g/mol. The summed E-state index contributed by atoms with van der Waals surface area (Å²) < 4.78 is 0. The van der Waals surface area contributed by atoms with Crippen molar-refractivity contribution in [3.63, 3.8) is 0 Å². The van der Waals surface area contributed by atoms with Gasteiger partial charge in [-0.05, 0) is 55.0 Å². The summed E-state index contributed by atoms with van der Waals surface area (Å²) in [5, 5.41) is 4.46. The first-order chi connectivity index (χ1) is 16.0. The van der Waals surface area contributed by atoms with Crippen LogP contribution in [0.4, 0.5) is 5.69 Å². The zero-order chi connectivity index (χ0) is 22.9. The number of nitrogens with one attached hydrogen (secondary N) is 2. The van der Waals surface area contributed by atoms with E-state index in [0.717, 1.165) is 43.3 Å².